The summed E-state index contributed by atoms with van der Waals surface area (Å²) in [5.74, 6) is -1.35. The van der Waals surface area contributed by atoms with Crippen LogP contribution in [0.4, 0.5) is 4.79 Å². The number of hydrogen-bond donors (Lipinski definition) is 3. The van der Waals surface area contributed by atoms with E-state index in [1.165, 1.54) is 0 Å². The van der Waals surface area contributed by atoms with Crippen LogP contribution in [0.5, 0.6) is 0 Å². The Balaban J connectivity index is 1.73. The summed E-state index contributed by atoms with van der Waals surface area (Å²) in [4.78, 5) is 22.6. The minimum absolute atomic E-state index is 0.0387. The van der Waals surface area contributed by atoms with Gasteiger partial charge in [-0.05, 0) is 26.2 Å². The molecule has 106 valence electrons. The summed E-state index contributed by atoms with van der Waals surface area (Å²) in [5.41, 5.74) is 0. The Bertz CT molecular complexity index is 377. The lowest BCUT2D eigenvalue weighted by atomic mass is 10.1. The van der Waals surface area contributed by atoms with Crippen LogP contribution in [0.1, 0.15) is 26.2 Å². The van der Waals surface area contributed by atoms with Gasteiger partial charge in [0.2, 0.25) is 0 Å². The maximum atomic E-state index is 11.8. The van der Waals surface area contributed by atoms with E-state index in [4.69, 9.17) is 9.84 Å². The Morgan fingerprint density at radius 1 is 1.42 bits per heavy atom. The summed E-state index contributed by atoms with van der Waals surface area (Å²) in [7, 11) is 0. The molecule has 1 saturated heterocycles. The largest absolute Gasteiger partial charge is 0.481 e. The van der Waals surface area contributed by atoms with Gasteiger partial charge in [0.1, 0.15) is 0 Å². The van der Waals surface area contributed by atoms with Crippen LogP contribution in [-0.4, -0.2) is 41.9 Å². The third-order valence-electron chi connectivity index (χ3n) is 3.60. The number of carbonyl (C=O) groups is 2. The van der Waals surface area contributed by atoms with Gasteiger partial charge in [-0.3, -0.25) is 4.79 Å². The van der Waals surface area contributed by atoms with E-state index in [-0.39, 0.29) is 24.2 Å². The van der Waals surface area contributed by atoms with Crippen LogP contribution < -0.4 is 10.6 Å². The normalized spacial score (nSPS) is 31.1. The molecule has 1 fully saturated rings. The van der Waals surface area contributed by atoms with Crippen molar-refractivity contribution in [3.63, 3.8) is 0 Å². The predicted molar refractivity (Wildman–Crippen MR) is 68.8 cm³/mol. The monoisotopic (exact) mass is 268 g/mol. The lowest BCUT2D eigenvalue weighted by molar-refractivity contribution is -0.140. The summed E-state index contributed by atoms with van der Waals surface area (Å²) in [6.45, 7) is 2.67. The molecule has 0 bridgehead atoms. The molecule has 3 N–H and O–H groups in total. The molecule has 0 aromatic heterocycles. The maximum Gasteiger partial charge on any atom is 0.315 e. The first-order valence-electron chi connectivity index (χ1n) is 6.66. The molecule has 4 atom stereocenters. The van der Waals surface area contributed by atoms with Gasteiger partial charge < -0.3 is 20.5 Å². The lowest BCUT2D eigenvalue weighted by Gasteiger charge is -2.21. The van der Waals surface area contributed by atoms with Gasteiger partial charge in [0.05, 0.1) is 24.1 Å². The van der Waals surface area contributed by atoms with E-state index in [1.54, 1.807) is 12.2 Å². The van der Waals surface area contributed by atoms with E-state index in [1.807, 2.05) is 6.92 Å². The Morgan fingerprint density at radius 3 is 2.79 bits per heavy atom. The molecular weight excluding hydrogens is 248 g/mol. The van der Waals surface area contributed by atoms with Crippen molar-refractivity contribution in [1.82, 2.24) is 10.6 Å². The van der Waals surface area contributed by atoms with Gasteiger partial charge in [-0.2, -0.15) is 0 Å². The number of carbonyl (C=O) groups excluding carboxylic acids is 1. The van der Waals surface area contributed by atoms with Gasteiger partial charge in [0.25, 0.3) is 0 Å². The second-order valence-corrected chi connectivity index (χ2v) is 5.13. The average Bonchev–Trinajstić information content (AvgIpc) is 2.98. The molecule has 6 heteroatoms. The summed E-state index contributed by atoms with van der Waals surface area (Å²) in [5, 5.41) is 14.5. The second kappa shape index (κ2) is 6.06. The number of urea groups is 1. The smallest absolute Gasteiger partial charge is 0.315 e. The fraction of sp³-hybridized carbons (Fsp3) is 0.692. The lowest BCUT2D eigenvalue weighted by Crippen LogP contribution is -2.48. The van der Waals surface area contributed by atoms with Crippen molar-refractivity contribution in [2.45, 2.75) is 44.4 Å². The zero-order chi connectivity index (χ0) is 13.8. The number of hydrogen-bond acceptors (Lipinski definition) is 3. The fourth-order valence-electron chi connectivity index (χ4n) is 2.50. The van der Waals surface area contributed by atoms with E-state index in [2.05, 4.69) is 10.6 Å². The molecule has 0 aromatic carbocycles. The molecule has 1 aliphatic carbocycles. The third-order valence-corrected chi connectivity index (χ3v) is 3.60. The fourth-order valence-corrected chi connectivity index (χ4v) is 2.50. The first kappa shape index (κ1) is 13.9. The van der Waals surface area contributed by atoms with Crippen LogP contribution in [0, 0.1) is 5.92 Å². The molecule has 2 aliphatic rings. The molecule has 2 amide bonds. The molecule has 1 aliphatic heterocycles. The zero-order valence-corrected chi connectivity index (χ0v) is 11.0. The number of rotatable bonds is 4. The topological polar surface area (TPSA) is 87.7 Å². The minimum Gasteiger partial charge on any atom is -0.481 e. The van der Waals surface area contributed by atoms with Gasteiger partial charge in [-0.25, -0.2) is 4.79 Å². The molecule has 19 heavy (non-hydrogen) atoms. The molecule has 0 radical (unpaired) electrons. The van der Waals surface area contributed by atoms with E-state index in [0.29, 0.717) is 6.42 Å². The molecule has 2 rings (SSSR count). The third kappa shape index (κ3) is 3.70. The second-order valence-electron chi connectivity index (χ2n) is 5.13. The van der Waals surface area contributed by atoms with Crippen LogP contribution in [-0.2, 0) is 9.53 Å². The van der Waals surface area contributed by atoms with Crippen molar-refractivity contribution >= 4 is 12.0 Å². The van der Waals surface area contributed by atoms with Gasteiger partial charge in [-0.1, -0.05) is 12.2 Å². The number of carboxylic acid groups (broad SMARTS) is 1. The highest BCUT2D eigenvalue weighted by atomic mass is 16.5. The van der Waals surface area contributed by atoms with Crippen molar-refractivity contribution in [2.75, 3.05) is 6.61 Å². The highest BCUT2D eigenvalue weighted by molar-refractivity contribution is 5.76. The van der Waals surface area contributed by atoms with Crippen molar-refractivity contribution in [1.29, 1.82) is 0 Å². The summed E-state index contributed by atoms with van der Waals surface area (Å²) in [6.07, 6.45) is 5.84. The van der Waals surface area contributed by atoms with Crippen LogP contribution in [0.25, 0.3) is 0 Å². The van der Waals surface area contributed by atoms with Crippen molar-refractivity contribution in [2.24, 2.45) is 5.92 Å². The molecule has 0 aromatic rings. The van der Waals surface area contributed by atoms with Crippen molar-refractivity contribution < 1.29 is 19.4 Å². The Labute approximate surface area is 112 Å². The Kier molecular flexibility index (Phi) is 4.42. The number of aliphatic carboxylic acids is 1. The summed E-state index contributed by atoms with van der Waals surface area (Å²) in [6, 6.07) is -0.523. The van der Waals surface area contributed by atoms with Crippen LogP contribution >= 0.6 is 0 Å². The molecular formula is C13H20N2O4. The van der Waals surface area contributed by atoms with Crippen molar-refractivity contribution in [3.05, 3.63) is 12.2 Å². The van der Waals surface area contributed by atoms with Gasteiger partial charge in [0, 0.05) is 6.61 Å². The van der Waals surface area contributed by atoms with Crippen LogP contribution in [0.15, 0.2) is 12.2 Å². The maximum absolute atomic E-state index is 11.8. The minimum atomic E-state index is -0.853. The van der Waals surface area contributed by atoms with E-state index < -0.39 is 11.9 Å². The van der Waals surface area contributed by atoms with E-state index in [0.717, 1.165) is 19.4 Å². The number of amides is 2. The zero-order valence-electron chi connectivity index (χ0n) is 11.0. The van der Waals surface area contributed by atoms with E-state index >= 15 is 0 Å². The van der Waals surface area contributed by atoms with Gasteiger partial charge in [-0.15, -0.1) is 0 Å². The first-order valence-corrected chi connectivity index (χ1v) is 6.66. The van der Waals surface area contributed by atoms with E-state index in [9.17, 15) is 9.59 Å². The molecule has 1 heterocycles. The highest BCUT2D eigenvalue weighted by Gasteiger charge is 2.27. The summed E-state index contributed by atoms with van der Waals surface area (Å²) < 4.78 is 5.50. The van der Waals surface area contributed by atoms with Crippen molar-refractivity contribution in [3.8, 4) is 0 Å². The quantitative estimate of drug-likeness (QED) is 0.661. The number of nitrogens with one attached hydrogen (secondary N) is 2. The average molecular weight is 268 g/mol. The number of carboxylic acids is 1. The summed E-state index contributed by atoms with van der Waals surface area (Å²) >= 11 is 0. The molecule has 0 saturated carbocycles. The SMILES string of the molecule is CC(NC(=O)NC1C=CC(C(=O)O)C1)C1CCCO1. The molecule has 6 nitrogen and oxygen atoms in total. The predicted octanol–water partition coefficient (Wildman–Crippen LogP) is 0.882. The first-order chi connectivity index (χ1) is 9.06. The Morgan fingerprint density at radius 2 is 2.21 bits per heavy atom. The molecule has 4 unspecified atom stereocenters. The van der Waals surface area contributed by atoms with Gasteiger partial charge >= 0.3 is 12.0 Å². The standard InChI is InChI=1S/C13H20N2O4/c1-8(11-3-2-6-19-11)14-13(18)15-10-5-4-9(7-10)12(16)17/h4-5,8-11H,2-3,6-7H2,1H3,(H,16,17)(H2,14,15,18). The van der Waals surface area contributed by atoms with Crippen LogP contribution in [0.3, 0.4) is 0 Å². The highest BCUT2D eigenvalue weighted by Crippen LogP contribution is 2.18. The van der Waals surface area contributed by atoms with Gasteiger partial charge in [0.15, 0.2) is 0 Å². The Hall–Kier alpha value is -1.56. The molecule has 0 spiro atoms. The number of ether oxygens (including phenoxy) is 1. The van der Waals surface area contributed by atoms with Crippen LogP contribution in [0.2, 0.25) is 0 Å².